The average molecular weight is 528 g/mol. The van der Waals surface area contributed by atoms with Gasteiger partial charge in [-0.3, -0.25) is 4.90 Å². The number of halogens is 4. The lowest BCUT2D eigenvalue weighted by molar-refractivity contribution is 0.189. The molecule has 3 aromatic rings. The van der Waals surface area contributed by atoms with E-state index in [1.807, 2.05) is 24.3 Å². The molecule has 1 aliphatic rings. The standard InChI is InChI=1S/C26H28Cl2N2O.2ClH/c27-23-11-10-22(25(28)16-23)19-31-26-9-5-4-8-21(26)17-29-24-12-14-30(15-13-24)18-20-6-2-1-3-7-20;;/h1-11,16,24,29H,12-15,17-19H2;2*1H. The van der Waals surface area contributed by atoms with E-state index < -0.39 is 0 Å². The first-order chi connectivity index (χ1) is 15.2. The Bertz CT molecular complexity index is 979. The lowest BCUT2D eigenvalue weighted by Crippen LogP contribution is -2.41. The molecule has 0 radical (unpaired) electrons. The van der Waals surface area contributed by atoms with Gasteiger partial charge in [-0.1, -0.05) is 77.8 Å². The normalized spacial score (nSPS) is 14.2. The van der Waals surface area contributed by atoms with Crippen molar-refractivity contribution in [1.82, 2.24) is 10.2 Å². The third-order valence-electron chi connectivity index (χ3n) is 5.79. The Hall–Kier alpha value is -1.46. The molecule has 7 heteroatoms. The van der Waals surface area contributed by atoms with Gasteiger partial charge in [0.1, 0.15) is 12.4 Å². The molecule has 0 saturated carbocycles. The maximum atomic E-state index is 6.28. The van der Waals surface area contributed by atoms with Gasteiger partial charge in [0.2, 0.25) is 0 Å². The van der Waals surface area contributed by atoms with E-state index in [2.05, 4.69) is 52.7 Å². The summed E-state index contributed by atoms with van der Waals surface area (Å²) in [5.74, 6) is 0.891. The van der Waals surface area contributed by atoms with E-state index in [0.29, 0.717) is 22.7 Å². The van der Waals surface area contributed by atoms with Gasteiger partial charge in [0.25, 0.3) is 0 Å². The predicted octanol–water partition coefficient (Wildman–Crippen LogP) is 7.17. The molecule has 1 saturated heterocycles. The monoisotopic (exact) mass is 526 g/mol. The number of likely N-dealkylation sites (tertiary alicyclic amines) is 1. The molecule has 1 heterocycles. The molecule has 4 rings (SSSR count). The highest BCUT2D eigenvalue weighted by Crippen LogP contribution is 2.25. The fourth-order valence-electron chi connectivity index (χ4n) is 3.98. The number of nitrogens with one attached hydrogen (secondary N) is 1. The molecule has 33 heavy (non-hydrogen) atoms. The van der Waals surface area contributed by atoms with Crippen molar-refractivity contribution in [1.29, 1.82) is 0 Å². The molecule has 1 aliphatic heterocycles. The summed E-state index contributed by atoms with van der Waals surface area (Å²) in [7, 11) is 0. The fraction of sp³-hybridized carbons (Fsp3) is 0.308. The smallest absolute Gasteiger partial charge is 0.124 e. The second-order valence-electron chi connectivity index (χ2n) is 8.05. The summed E-state index contributed by atoms with van der Waals surface area (Å²) in [5.41, 5.74) is 3.49. The molecule has 0 bridgehead atoms. The van der Waals surface area contributed by atoms with Crippen LogP contribution >= 0.6 is 48.0 Å². The molecule has 0 aliphatic carbocycles. The third kappa shape index (κ3) is 8.36. The van der Waals surface area contributed by atoms with E-state index in [0.717, 1.165) is 50.3 Å². The van der Waals surface area contributed by atoms with Gasteiger partial charge in [0, 0.05) is 40.3 Å². The maximum absolute atomic E-state index is 6.28. The molecule has 3 nitrogen and oxygen atoms in total. The topological polar surface area (TPSA) is 24.5 Å². The molecule has 1 N–H and O–H groups in total. The summed E-state index contributed by atoms with van der Waals surface area (Å²) in [4.78, 5) is 2.54. The van der Waals surface area contributed by atoms with Crippen molar-refractivity contribution in [3.8, 4) is 5.75 Å². The van der Waals surface area contributed by atoms with Crippen molar-refractivity contribution in [2.75, 3.05) is 13.1 Å². The van der Waals surface area contributed by atoms with Crippen LogP contribution in [-0.4, -0.2) is 24.0 Å². The van der Waals surface area contributed by atoms with Gasteiger partial charge in [-0.05, 0) is 49.7 Å². The number of hydrogen-bond acceptors (Lipinski definition) is 3. The molecule has 0 amide bonds. The summed E-state index contributed by atoms with van der Waals surface area (Å²) in [6.07, 6.45) is 2.33. The zero-order chi connectivity index (χ0) is 21.5. The number of nitrogens with zero attached hydrogens (tertiary/aromatic N) is 1. The molecule has 0 atom stereocenters. The lowest BCUT2D eigenvalue weighted by atomic mass is 10.0. The zero-order valence-corrected chi connectivity index (χ0v) is 21.5. The van der Waals surface area contributed by atoms with E-state index in [4.69, 9.17) is 27.9 Å². The molecule has 3 aromatic carbocycles. The minimum Gasteiger partial charge on any atom is -0.489 e. The first-order valence-corrected chi connectivity index (χ1v) is 11.6. The van der Waals surface area contributed by atoms with Crippen molar-refractivity contribution < 1.29 is 4.74 Å². The average Bonchev–Trinajstić information content (AvgIpc) is 2.79. The fourth-order valence-corrected chi connectivity index (χ4v) is 4.44. The Morgan fingerprint density at radius 2 is 1.55 bits per heavy atom. The number of benzene rings is 3. The van der Waals surface area contributed by atoms with Gasteiger partial charge in [0.15, 0.2) is 0 Å². The summed E-state index contributed by atoms with van der Waals surface area (Å²) >= 11 is 12.3. The molecule has 0 unspecified atom stereocenters. The summed E-state index contributed by atoms with van der Waals surface area (Å²) in [6.45, 7) is 4.51. The zero-order valence-electron chi connectivity index (χ0n) is 18.4. The van der Waals surface area contributed by atoms with Crippen molar-refractivity contribution in [3.63, 3.8) is 0 Å². The molecule has 0 spiro atoms. The van der Waals surface area contributed by atoms with Crippen LogP contribution in [-0.2, 0) is 19.7 Å². The Kier molecular flexibility index (Phi) is 11.8. The largest absolute Gasteiger partial charge is 0.489 e. The van der Waals surface area contributed by atoms with Crippen molar-refractivity contribution >= 4 is 48.0 Å². The number of rotatable bonds is 8. The molecule has 0 aromatic heterocycles. The van der Waals surface area contributed by atoms with Gasteiger partial charge in [-0.2, -0.15) is 0 Å². The first kappa shape index (κ1) is 27.8. The second-order valence-corrected chi connectivity index (χ2v) is 8.89. The van der Waals surface area contributed by atoms with Crippen LogP contribution in [0.2, 0.25) is 10.0 Å². The van der Waals surface area contributed by atoms with Gasteiger partial charge in [0.05, 0.1) is 0 Å². The Morgan fingerprint density at radius 1 is 0.848 bits per heavy atom. The van der Waals surface area contributed by atoms with Crippen LogP contribution in [0.1, 0.15) is 29.5 Å². The quantitative estimate of drug-likeness (QED) is 0.336. The lowest BCUT2D eigenvalue weighted by Gasteiger charge is -2.32. The summed E-state index contributed by atoms with van der Waals surface area (Å²) in [5, 5.41) is 4.99. The molecular weight excluding hydrogens is 498 g/mol. The summed E-state index contributed by atoms with van der Waals surface area (Å²) < 4.78 is 6.09. The van der Waals surface area contributed by atoms with E-state index in [9.17, 15) is 0 Å². The van der Waals surface area contributed by atoms with Crippen molar-refractivity contribution in [2.24, 2.45) is 0 Å². The van der Waals surface area contributed by atoms with Crippen molar-refractivity contribution in [2.45, 2.75) is 38.6 Å². The van der Waals surface area contributed by atoms with E-state index in [1.165, 1.54) is 11.1 Å². The van der Waals surface area contributed by atoms with Gasteiger partial charge < -0.3 is 10.1 Å². The highest BCUT2D eigenvalue weighted by Gasteiger charge is 2.19. The van der Waals surface area contributed by atoms with Crippen LogP contribution in [0.3, 0.4) is 0 Å². The van der Waals surface area contributed by atoms with E-state index >= 15 is 0 Å². The van der Waals surface area contributed by atoms with E-state index in [1.54, 1.807) is 6.07 Å². The number of piperidine rings is 1. The van der Waals surface area contributed by atoms with Crippen LogP contribution in [0.25, 0.3) is 0 Å². The van der Waals surface area contributed by atoms with Crippen LogP contribution in [0.5, 0.6) is 5.75 Å². The molecular formula is C26H30Cl4N2O. The number of ether oxygens (including phenoxy) is 1. The van der Waals surface area contributed by atoms with Crippen LogP contribution < -0.4 is 10.1 Å². The van der Waals surface area contributed by atoms with Crippen LogP contribution in [0.15, 0.2) is 72.8 Å². The minimum absolute atomic E-state index is 0. The van der Waals surface area contributed by atoms with Gasteiger partial charge >= 0.3 is 0 Å². The van der Waals surface area contributed by atoms with Gasteiger partial charge in [-0.25, -0.2) is 0 Å². The van der Waals surface area contributed by atoms with Crippen LogP contribution in [0, 0.1) is 0 Å². The Labute approximate surface area is 219 Å². The molecule has 1 fully saturated rings. The highest BCUT2D eigenvalue weighted by atomic mass is 35.5. The highest BCUT2D eigenvalue weighted by molar-refractivity contribution is 6.35. The predicted molar refractivity (Wildman–Crippen MR) is 143 cm³/mol. The summed E-state index contributed by atoms with van der Waals surface area (Å²) in [6, 6.07) is 24.9. The second kappa shape index (κ2) is 14.1. The number of para-hydroxylation sites is 1. The van der Waals surface area contributed by atoms with Crippen LogP contribution in [0.4, 0.5) is 0 Å². The maximum Gasteiger partial charge on any atom is 0.124 e. The third-order valence-corrected chi connectivity index (χ3v) is 6.38. The SMILES string of the molecule is Cl.Cl.Clc1ccc(COc2ccccc2CNC2CCN(Cc3ccccc3)CC2)c(Cl)c1. The minimum atomic E-state index is 0. The first-order valence-electron chi connectivity index (χ1n) is 10.8. The Morgan fingerprint density at radius 3 is 2.27 bits per heavy atom. The number of hydrogen-bond donors (Lipinski definition) is 1. The van der Waals surface area contributed by atoms with E-state index in [-0.39, 0.29) is 24.8 Å². The Balaban J connectivity index is 0.00000193. The van der Waals surface area contributed by atoms with Gasteiger partial charge in [-0.15, -0.1) is 24.8 Å². The molecule has 178 valence electrons. The van der Waals surface area contributed by atoms with Crippen molar-refractivity contribution in [3.05, 3.63) is 99.5 Å².